The van der Waals surface area contributed by atoms with E-state index in [4.69, 9.17) is 0 Å². The molecule has 2 heteroatoms. The number of hydrogen-bond acceptors (Lipinski definition) is 2. The summed E-state index contributed by atoms with van der Waals surface area (Å²) in [6.45, 7) is 8.71. The molecule has 3 fully saturated rings. The topological polar surface area (TPSA) is 15.3 Å². The van der Waals surface area contributed by atoms with Gasteiger partial charge in [-0.1, -0.05) is 13.8 Å². The summed E-state index contributed by atoms with van der Waals surface area (Å²) in [7, 11) is 0. The van der Waals surface area contributed by atoms with Crippen LogP contribution < -0.4 is 5.32 Å². The van der Waals surface area contributed by atoms with Crippen LogP contribution in [0.5, 0.6) is 0 Å². The van der Waals surface area contributed by atoms with E-state index in [-0.39, 0.29) is 0 Å². The number of nitrogens with zero attached hydrogens (tertiary/aromatic N) is 1. The highest BCUT2D eigenvalue weighted by Gasteiger charge is 2.45. The van der Waals surface area contributed by atoms with Crippen molar-refractivity contribution in [2.75, 3.05) is 19.6 Å². The first kappa shape index (κ1) is 10.1. The summed E-state index contributed by atoms with van der Waals surface area (Å²) in [6, 6.07) is 1.76. The maximum absolute atomic E-state index is 3.77. The van der Waals surface area contributed by atoms with Gasteiger partial charge in [-0.25, -0.2) is 0 Å². The molecule has 3 aliphatic rings. The maximum atomic E-state index is 3.77. The van der Waals surface area contributed by atoms with Crippen LogP contribution in [0.4, 0.5) is 0 Å². The van der Waals surface area contributed by atoms with Gasteiger partial charge in [-0.2, -0.15) is 0 Å². The van der Waals surface area contributed by atoms with Crippen LogP contribution in [0, 0.1) is 11.3 Å². The first-order valence-electron chi connectivity index (χ1n) is 6.62. The third kappa shape index (κ3) is 2.21. The Bertz CT molecular complexity index is 245. The molecule has 0 aromatic carbocycles. The van der Waals surface area contributed by atoms with E-state index in [1.165, 1.54) is 45.3 Å². The van der Waals surface area contributed by atoms with Crippen LogP contribution >= 0.6 is 0 Å². The summed E-state index contributed by atoms with van der Waals surface area (Å²) in [5.74, 6) is 0.951. The molecular formula is C13H24N2. The third-order valence-corrected chi connectivity index (χ3v) is 4.65. The summed E-state index contributed by atoms with van der Waals surface area (Å²) >= 11 is 0. The van der Waals surface area contributed by atoms with Gasteiger partial charge in [-0.05, 0) is 43.6 Å². The maximum Gasteiger partial charge on any atom is 0.0207 e. The zero-order valence-electron chi connectivity index (χ0n) is 10.1. The number of nitrogens with one attached hydrogen (secondary N) is 1. The summed E-state index contributed by atoms with van der Waals surface area (Å²) in [6.07, 6.45) is 5.73. The Kier molecular flexibility index (Phi) is 2.33. The lowest BCUT2D eigenvalue weighted by Gasteiger charge is -2.16. The fraction of sp³-hybridized carbons (Fsp3) is 1.00. The highest BCUT2D eigenvalue weighted by Crippen LogP contribution is 2.51. The Morgan fingerprint density at radius 1 is 1.27 bits per heavy atom. The van der Waals surface area contributed by atoms with E-state index in [0.29, 0.717) is 5.41 Å². The standard InChI is InChI=1S/C13H24N2/c1-13(2)7-10(13)8-14-11-5-6-15(9-11)12-3-4-12/h10-12,14H,3-9H2,1-2H3. The van der Waals surface area contributed by atoms with Crippen LogP contribution in [-0.2, 0) is 0 Å². The molecule has 0 radical (unpaired) electrons. The fourth-order valence-corrected chi connectivity index (χ4v) is 2.96. The highest BCUT2D eigenvalue weighted by atomic mass is 15.2. The molecule has 1 heterocycles. The summed E-state index contributed by atoms with van der Waals surface area (Å²) in [5, 5.41) is 3.77. The van der Waals surface area contributed by atoms with Gasteiger partial charge in [-0.15, -0.1) is 0 Å². The monoisotopic (exact) mass is 208 g/mol. The normalized spacial score (nSPS) is 39.6. The Morgan fingerprint density at radius 2 is 2.00 bits per heavy atom. The third-order valence-electron chi connectivity index (χ3n) is 4.65. The van der Waals surface area contributed by atoms with Crippen LogP contribution in [-0.4, -0.2) is 36.6 Å². The van der Waals surface area contributed by atoms with Crippen molar-refractivity contribution >= 4 is 0 Å². The molecule has 1 aliphatic heterocycles. The van der Waals surface area contributed by atoms with Gasteiger partial charge in [0.15, 0.2) is 0 Å². The molecule has 2 atom stereocenters. The van der Waals surface area contributed by atoms with Gasteiger partial charge >= 0.3 is 0 Å². The van der Waals surface area contributed by atoms with Gasteiger partial charge in [-0.3, -0.25) is 4.90 Å². The fourth-order valence-electron chi connectivity index (χ4n) is 2.96. The minimum atomic E-state index is 0.641. The minimum absolute atomic E-state index is 0.641. The van der Waals surface area contributed by atoms with Crippen molar-refractivity contribution in [3.05, 3.63) is 0 Å². The van der Waals surface area contributed by atoms with Crippen molar-refractivity contribution in [1.82, 2.24) is 10.2 Å². The van der Waals surface area contributed by atoms with Crippen LogP contribution in [0.1, 0.15) is 39.5 Å². The molecule has 15 heavy (non-hydrogen) atoms. The Morgan fingerprint density at radius 3 is 2.60 bits per heavy atom. The van der Waals surface area contributed by atoms with Crippen LogP contribution in [0.25, 0.3) is 0 Å². The zero-order valence-corrected chi connectivity index (χ0v) is 10.1. The molecule has 2 nitrogen and oxygen atoms in total. The van der Waals surface area contributed by atoms with Crippen molar-refractivity contribution in [1.29, 1.82) is 0 Å². The van der Waals surface area contributed by atoms with E-state index in [1.807, 2.05) is 0 Å². The predicted octanol–water partition coefficient (Wildman–Crippen LogP) is 1.86. The first-order valence-corrected chi connectivity index (χ1v) is 6.62. The average Bonchev–Trinajstić information content (AvgIpc) is 3.07. The molecule has 0 amide bonds. The molecule has 1 saturated heterocycles. The molecule has 0 aromatic rings. The SMILES string of the molecule is CC1(C)CC1CNC1CCN(C2CC2)C1. The number of hydrogen-bond donors (Lipinski definition) is 1. The molecule has 2 aliphatic carbocycles. The summed E-state index contributed by atoms with van der Waals surface area (Å²) in [4.78, 5) is 2.69. The molecule has 3 rings (SSSR count). The van der Waals surface area contributed by atoms with E-state index >= 15 is 0 Å². The molecule has 2 unspecified atom stereocenters. The minimum Gasteiger partial charge on any atom is -0.312 e. The molecule has 1 N–H and O–H groups in total. The van der Waals surface area contributed by atoms with Gasteiger partial charge in [0.1, 0.15) is 0 Å². The van der Waals surface area contributed by atoms with Crippen molar-refractivity contribution < 1.29 is 0 Å². The quantitative estimate of drug-likeness (QED) is 0.758. The highest BCUT2D eigenvalue weighted by molar-refractivity contribution is 4.98. The molecule has 0 aromatic heterocycles. The second-order valence-electron chi connectivity index (χ2n) is 6.51. The molecule has 0 spiro atoms. The van der Waals surface area contributed by atoms with Crippen molar-refractivity contribution in [3.63, 3.8) is 0 Å². The van der Waals surface area contributed by atoms with Gasteiger partial charge in [0.25, 0.3) is 0 Å². The lowest BCUT2D eigenvalue weighted by Crippen LogP contribution is -2.34. The van der Waals surface area contributed by atoms with E-state index in [9.17, 15) is 0 Å². The van der Waals surface area contributed by atoms with Gasteiger partial charge in [0, 0.05) is 25.2 Å². The molecular weight excluding hydrogens is 184 g/mol. The van der Waals surface area contributed by atoms with E-state index in [0.717, 1.165) is 18.0 Å². The van der Waals surface area contributed by atoms with E-state index in [1.54, 1.807) is 0 Å². The Labute approximate surface area is 93.4 Å². The lowest BCUT2D eigenvalue weighted by molar-refractivity contribution is 0.316. The molecule has 86 valence electrons. The molecule has 0 bridgehead atoms. The van der Waals surface area contributed by atoms with Crippen molar-refractivity contribution in [3.8, 4) is 0 Å². The van der Waals surface area contributed by atoms with Crippen molar-refractivity contribution in [2.24, 2.45) is 11.3 Å². The average molecular weight is 208 g/mol. The second-order valence-corrected chi connectivity index (χ2v) is 6.51. The zero-order chi connectivity index (χ0) is 10.5. The number of likely N-dealkylation sites (tertiary alicyclic amines) is 1. The van der Waals surface area contributed by atoms with E-state index in [2.05, 4.69) is 24.1 Å². The van der Waals surface area contributed by atoms with Gasteiger partial charge in [0.05, 0.1) is 0 Å². The summed E-state index contributed by atoms with van der Waals surface area (Å²) in [5.41, 5.74) is 0.641. The summed E-state index contributed by atoms with van der Waals surface area (Å²) < 4.78 is 0. The number of rotatable bonds is 4. The first-order chi connectivity index (χ1) is 7.15. The van der Waals surface area contributed by atoms with Crippen molar-refractivity contribution in [2.45, 2.75) is 51.6 Å². The second kappa shape index (κ2) is 3.46. The van der Waals surface area contributed by atoms with Gasteiger partial charge in [0.2, 0.25) is 0 Å². The smallest absolute Gasteiger partial charge is 0.0207 e. The largest absolute Gasteiger partial charge is 0.312 e. The van der Waals surface area contributed by atoms with Crippen LogP contribution in [0.2, 0.25) is 0 Å². The van der Waals surface area contributed by atoms with Crippen LogP contribution in [0.15, 0.2) is 0 Å². The van der Waals surface area contributed by atoms with E-state index < -0.39 is 0 Å². The van der Waals surface area contributed by atoms with Crippen LogP contribution in [0.3, 0.4) is 0 Å². The lowest BCUT2D eigenvalue weighted by atomic mass is 10.1. The Hall–Kier alpha value is -0.0800. The van der Waals surface area contributed by atoms with Gasteiger partial charge < -0.3 is 5.32 Å². The Balaban J connectivity index is 1.38. The molecule has 2 saturated carbocycles. The predicted molar refractivity (Wildman–Crippen MR) is 62.9 cm³/mol.